The molecule has 0 radical (unpaired) electrons. The molecule has 0 aromatic carbocycles. The molecule has 0 aromatic rings. The maximum Gasteiger partial charge on any atom is 0.319 e. The van der Waals surface area contributed by atoms with Gasteiger partial charge in [0.05, 0.1) is 0 Å². The molecule has 2 aliphatic carbocycles. The lowest BCUT2D eigenvalue weighted by Crippen LogP contribution is -2.47. The van der Waals surface area contributed by atoms with E-state index in [1.807, 2.05) is 0 Å². The van der Waals surface area contributed by atoms with Crippen LogP contribution in [-0.2, 0) is 9.59 Å². The zero-order chi connectivity index (χ0) is 12.6. The maximum absolute atomic E-state index is 12.0. The number of carbonyl (C=O) groups excluding carboxylic acids is 1. The van der Waals surface area contributed by atoms with Crippen molar-refractivity contribution in [2.24, 2.45) is 17.3 Å². The number of carboxylic acids is 1. The molecule has 0 bridgehead atoms. The van der Waals surface area contributed by atoms with Crippen LogP contribution in [0.3, 0.4) is 0 Å². The second-order valence-electron chi connectivity index (χ2n) is 5.86. The number of amides is 1. The Morgan fingerprint density at radius 1 is 1.24 bits per heavy atom. The van der Waals surface area contributed by atoms with Gasteiger partial charge in [-0.25, -0.2) is 0 Å². The van der Waals surface area contributed by atoms with E-state index in [9.17, 15) is 9.59 Å². The molecule has 1 amide bonds. The molecule has 0 aromatic heterocycles. The third kappa shape index (κ3) is 2.31. The summed E-state index contributed by atoms with van der Waals surface area (Å²) in [6.45, 7) is 4.37. The van der Waals surface area contributed by atoms with Crippen molar-refractivity contribution >= 4 is 11.9 Å². The number of hydrogen-bond acceptors (Lipinski definition) is 2. The van der Waals surface area contributed by atoms with Gasteiger partial charge in [-0.15, -0.1) is 0 Å². The minimum Gasteiger partial charge on any atom is -0.480 e. The normalized spacial score (nSPS) is 35.1. The molecule has 2 aliphatic rings. The van der Waals surface area contributed by atoms with Gasteiger partial charge in [0, 0.05) is 6.04 Å². The van der Waals surface area contributed by atoms with Crippen LogP contribution in [0.2, 0.25) is 0 Å². The van der Waals surface area contributed by atoms with E-state index in [1.54, 1.807) is 0 Å². The van der Waals surface area contributed by atoms with E-state index in [0.29, 0.717) is 24.7 Å². The fourth-order valence-electron chi connectivity index (χ4n) is 2.85. The van der Waals surface area contributed by atoms with Crippen LogP contribution in [0.15, 0.2) is 0 Å². The summed E-state index contributed by atoms with van der Waals surface area (Å²) in [6, 6.07) is 0.163. The second kappa shape index (κ2) is 4.31. The minimum absolute atomic E-state index is 0.163. The smallest absolute Gasteiger partial charge is 0.319 e. The van der Waals surface area contributed by atoms with Crippen LogP contribution in [0.5, 0.6) is 0 Å². The van der Waals surface area contributed by atoms with Crippen molar-refractivity contribution in [3.8, 4) is 0 Å². The Kier molecular flexibility index (Phi) is 3.15. The molecular formula is C13H21NO3. The Bertz CT molecular complexity index is 336. The highest BCUT2D eigenvalue weighted by Gasteiger charge is 2.57. The Balaban J connectivity index is 1.93. The van der Waals surface area contributed by atoms with Gasteiger partial charge >= 0.3 is 5.97 Å². The number of carbonyl (C=O) groups is 2. The summed E-state index contributed by atoms with van der Waals surface area (Å²) in [5.41, 5.74) is -1.09. The number of nitrogens with one attached hydrogen (secondary N) is 1. The van der Waals surface area contributed by atoms with Crippen molar-refractivity contribution in [2.75, 3.05) is 0 Å². The number of aliphatic carboxylic acids is 1. The zero-order valence-electron chi connectivity index (χ0n) is 10.5. The third-order valence-corrected chi connectivity index (χ3v) is 4.34. The molecule has 2 N–H and O–H groups in total. The topological polar surface area (TPSA) is 66.4 Å². The molecule has 3 unspecified atom stereocenters. The fourth-order valence-corrected chi connectivity index (χ4v) is 2.85. The second-order valence-corrected chi connectivity index (χ2v) is 5.86. The molecule has 17 heavy (non-hydrogen) atoms. The fraction of sp³-hybridized carbons (Fsp3) is 0.846. The number of hydrogen-bond donors (Lipinski definition) is 2. The first-order valence-corrected chi connectivity index (χ1v) is 6.50. The van der Waals surface area contributed by atoms with E-state index in [-0.39, 0.29) is 11.9 Å². The van der Waals surface area contributed by atoms with Crippen LogP contribution in [0, 0.1) is 17.3 Å². The largest absolute Gasteiger partial charge is 0.480 e. The van der Waals surface area contributed by atoms with Crippen molar-refractivity contribution in [3.63, 3.8) is 0 Å². The van der Waals surface area contributed by atoms with Crippen LogP contribution in [0.1, 0.15) is 46.0 Å². The number of rotatable bonds is 3. The quantitative estimate of drug-likeness (QED) is 0.738. The summed E-state index contributed by atoms with van der Waals surface area (Å²) in [6.07, 6.45) is 4.20. The molecule has 0 saturated heterocycles. The average molecular weight is 239 g/mol. The van der Waals surface area contributed by atoms with E-state index >= 15 is 0 Å². The lowest BCUT2D eigenvalue weighted by atomic mass is 9.79. The van der Waals surface area contributed by atoms with Crippen molar-refractivity contribution in [1.82, 2.24) is 5.32 Å². The van der Waals surface area contributed by atoms with E-state index in [1.165, 1.54) is 0 Å². The molecule has 4 nitrogen and oxygen atoms in total. The van der Waals surface area contributed by atoms with Crippen molar-refractivity contribution in [3.05, 3.63) is 0 Å². The van der Waals surface area contributed by atoms with Gasteiger partial charge in [0.15, 0.2) is 0 Å². The van der Waals surface area contributed by atoms with Crippen LogP contribution in [-0.4, -0.2) is 23.0 Å². The lowest BCUT2D eigenvalue weighted by molar-refractivity contribution is -0.149. The lowest BCUT2D eigenvalue weighted by Gasteiger charge is -2.33. The van der Waals surface area contributed by atoms with Crippen LogP contribution >= 0.6 is 0 Å². The highest BCUT2D eigenvalue weighted by molar-refractivity contribution is 6.04. The Morgan fingerprint density at radius 2 is 1.88 bits per heavy atom. The summed E-state index contributed by atoms with van der Waals surface area (Å²) in [5, 5.41) is 12.0. The first-order chi connectivity index (χ1) is 7.95. The Morgan fingerprint density at radius 3 is 2.35 bits per heavy atom. The summed E-state index contributed by atoms with van der Waals surface area (Å²) < 4.78 is 0. The molecule has 3 atom stereocenters. The van der Waals surface area contributed by atoms with E-state index in [2.05, 4.69) is 19.2 Å². The van der Waals surface area contributed by atoms with Crippen LogP contribution in [0.25, 0.3) is 0 Å². The summed E-state index contributed by atoms with van der Waals surface area (Å²) in [5.74, 6) is -0.0666. The van der Waals surface area contributed by atoms with Gasteiger partial charge in [0.25, 0.3) is 0 Å². The van der Waals surface area contributed by atoms with Crippen molar-refractivity contribution in [1.29, 1.82) is 0 Å². The molecule has 0 heterocycles. The van der Waals surface area contributed by atoms with Crippen LogP contribution in [0.4, 0.5) is 0 Å². The summed E-state index contributed by atoms with van der Waals surface area (Å²) >= 11 is 0. The van der Waals surface area contributed by atoms with Gasteiger partial charge < -0.3 is 10.4 Å². The summed E-state index contributed by atoms with van der Waals surface area (Å²) in [7, 11) is 0. The molecule has 0 aliphatic heterocycles. The molecular weight excluding hydrogens is 218 g/mol. The van der Waals surface area contributed by atoms with Gasteiger partial charge in [-0.1, -0.05) is 13.8 Å². The Labute approximate surface area is 102 Å². The predicted octanol–water partition coefficient (Wildman–Crippen LogP) is 1.79. The molecule has 2 fully saturated rings. The number of carboxylic acid groups (broad SMARTS) is 1. The van der Waals surface area contributed by atoms with Gasteiger partial charge in [-0.2, -0.15) is 0 Å². The van der Waals surface area contributed by atoms with Crippen molar-refractivity contribution in [2.45, 2.75) is 52.0 Å². The molecule has 96 valence electrons. The highest BCUT2D eigenvalue weighted by atomic mass is 16.4. The third-order valence-electron chi connectivity index (χ3n) is 4.34. The van der Waals surface area contributed by atoms with E-state index in [4.69, 9.17) is 5.11 Å². The minimum atomic E-state index is -1.09. The van der Waals surface area contributed by atoms with E-state index in [0.717, 1.165) is 19.3 Å². The average Bonchev–Trinajstić information content (AvgIpc) is 3.02. The van der Waals surface area contributed by atoms with Gasteiger partial charge in [-0.05, 0) is 43.9 Å². The van der Waals surface area contributed by atoms with E-state index < -0.39 is 11.4 Å². The predicted molar refractivity (Wildman–Crippen MR) is 63.4 cm³/mol. The zero-order valence-corrected chi connectivity index (χ0v) is 10.5. The molecule has 0 spiro atoms. The monoisotopic (exact) mass is 239 g/mol. The van der Waals surface area contributed by atoms with Crippen molar-refractivity contribution < 1.29 is 14.7 Å². The highest BCUT2D eigenvalue weighted by Crippen LogP contribution is 2.46. The Hall–Kier alpha value is -1.06. The SMILES string of the molecule is CC1CCC(NC(=O)C2(C(=O)O)CC2)C(C)C1. The van der Waals surface area contributed by atoms with Crippen LogP contribution < -0.4 is 5.32 Å². The first kappa shape index (κ1) is 12.4. The van der Waals surface area contributed by atoms with Gasteiger partial charge in [-0.3, -0.25) is 9.59 Å². The summed E-state index contributed by atoms with van der Waals surface area (Å²) in [4.78, 5) is 23.0. The molecule has 2 rings (SSSR count). The van der Waals surface area contributed by atoms with Gasteiger partial charge in [0.2, 0.25) is 5.91 Å². The standard InChI is InChI=1S/C13H21NO3/c1-8-3-4-10(9(2)7-8)14-11(15)13(5-6-13)12(16)17/h8-10H,3-7H2,1-2H3,(H,14,15)(H,16,17). The van der Waals surface area contributed by atoms with Gasteiger partial charge in [0.1, 0.15) is 5.41 Å². The maximum atomic E-state index is 12.0. The molecule has 4 heteroatoms. The molecule has 2 saturated carbocycles. The first-order valence-electron chi connectivity index (χ1n) is 6.50.